The van der Waals surface area contributed by atoms with Gasteiger partial charge in [0.2, 0.25) is 10.0 Å². The molecule has 0 aromatic heterocycles. The maximum atomic E-state index is 12.0. The molecule has 102 valence electrons. The number of nitrogens with one attached hydrogen (secondary N) is 2. The first-order chi connectivity index (χ1) is 8.40. The number of sulfonamides is 1. The van der Waals surface area contributed by atoms with Gasteiger partial charge in [-0.15, -0.1) is 0 Å². The van der Waals surface area contributed by atoms with Crippen molar-refractivity contribution in [1.29, 1.82) is 0 Å². The molecule has 18 heavy (non-hydrogen) atoms. The summed E-state index contributed by atoms with van der Waals surface area (Å²) in [4.78, 5) is 0. The monoisotopic (exact) mass is 336 g/mol. The van der Waals surface area contributed by atoms with Crippen LogP contribution in [0, 0.1) is 0 Å². The third-order valence-electron chi connectivity index (χ3n) is 2.45. The number of rotatable bonds is 6. The molecule has 0 aliphatic rings. The van der Waals surface area contributed by atoms with Crippen molar-refractivity contribution in [2.45, 2.75) is 12.2 Å². The Morgan fingerprint density at radius 3 is 2.67 bits per heavy atom. The molecule has 0 bridgehead atoms. The molecule has 0 amide bonds. The number of hydrogen-bond acceptors (Lipinski definition) is 4. The summed E-state index contributed by atoms with van der Waals surface area (Å²) in [6.07, 6.45) is 0. The van der Waals surface area contributed by atoms with Crippen LogP contribution < -0.4 is 14.8 Å². The molecule has 0 aliphatic carbocycles. The second-order valence-electron chi connectivity index (χ2n) is 3.86. The maximum absolute atomic E-state index is 12.0. The summed E-state index contributed by atoms with van der Waals surface area (Å²) >= 11 is 3.30. The van der Waals surface area contributed by atoms with E-state index in [9.17, 15) is 8.42 Å². The molecule has 1 unspecified atom stereocenters. The molecule has 7 heteroatoms. The highest BCUT2D eigenvalue weighted by molar-refractivity contribution is 9.10. The lowest BCUT2D eigenvalue weighted by atomic mass is 10.3. The highest BCUT2D eigenvalue weighted by Gasteiger charge is 2.20. The molecule has 0 saturated heterocycles. The van der Waals surface area contributed by atoms with Crippen molar-refractivity contribution >= 4 is 31.6 Å². The minimum absolute atomic E-state index is 0.386. The number of halogens is 1. The van der Waals surface area contributed by atoms with E-state index < -0.39 is 15.3 Å². The number of anilines is 1. The zero-order valence-corrected chi connectivity index (χ0v) is 12.9. The van der Waals surface area contributed by atoms with Gasteiger partial charge in [-0.1, -0.05) is 0 Å². The van der Waals surface area contributed by atoms with Gasteiger partial charge in [0.05, 0.1) is 18.0 Å². The fourth-order valence-electron chi connectivity index (χ4n) is 1.36. The van der Waals surface area contributed by atoms with E-state index in [1.165, 1.54) is 7.11 Å². The summed E-state index contributed by atoms with van der Waals surface area (Å²) in [6, 6.07) is 5.12. The Bertz CT molecular complexity index is 505. The van der Waals surface area contributed by atoms with Gasteiger partial charge in [0.25, 0.3) is 0 Å². The molecule has 1 rings (SSSR count). The highest BCUT2D eigenvalue weighted by Crippen LogP contribution is 2.28. The van der Waals surface area contributed by atoms with Crippen molar-refractivity contribution in [1.82, 2.24) is 5.32 Å². The highest BCUT2D eigenvalue weighted by atomic mass is 79.9. The molecule has 2 N–H and O–H groups in total. The Kier molecular flexibility index (Phi) is 5.43. The molecule has 5 nitrogen and oxygen atoms in total. The predicted octanol–water partition coefficient (Wildman–Crippen LogP) is 1.81. The second-order valence-corrected chi connectivity index (χ2v) is 6.81. The SMILES string of the molecule is CNCC(C)S(=O)(=O)Nc1cc(OC)ccc1Br. The predicted molar refractivity (Wildman–Crippen MR) is 76.6 cm³/mol. The summed E-state index contributed by atoms with van der Waals surface area (Å²) in [7, 11) is -0.172. The minimum Gasteiger partial charge on any atom is -0.497 e. The normalized spacial score (nSPS) is 13.1. The molecule has 0 fully saturated rings. The lowest BCUT2D eigenvalue weighted by Gasteiger charge is -2.15. The largest absolute Gasteiger partial charge is 0.497 e. The van der Waals surface area contributed by atoms with Crippen LogP contribution in [-0.2, 0) is 10.0 Å². The van der Waals surface area contributed by atoms with Crippen LogP contribution in [0.15, 0.2) is 22.7 Å². The van der Waals surface area contributed by atoms with Crippen molar-refractivity contribution in [3.05, 3.63) is 22.7 Å². The molecular formula is C11H17BrN2O3S. The number of methoxy groups -OCH3 is 1. The van der Waals surface area contributed by atoms with Gasteiger partial charge in [0, 0.05) is 17.1 Å². The van der Waals surface area contributed by atoms with Gasteiger partial charge in [-0.25, -0.2) is 8.42 Å². The second kappa shape index (κ2) is 6.40. The Morgan fingerprint density at radius 2 is 2.11 bits per heavy atom. The van der Waals surface area contributed by atoms with E-state index in [4.69, 9.17) is 4.74 Å². The first kappa shape index (κ1) is 15.3. The standard InChI is InChI=1S/C11H17BrN2O3S/c1-8(7-13-2)18(15,16)14-11-6-9(17-3)4-5-10(11)12/h4-6,8,13-14H,7H2,1-3H3. The van der Waals surface area contributed by atoms with Crippen LogP contribution in [0.2, 0.25) is 0 Å². The Labute approximate surface area is 116 Å². The number of hydrogen-bond donors (Lipinski definition) is 2. The van der Waals surface area contributed by atoms with Crippen LogP contribution in [0.4, 0.5) is 5.69 Å². The smallest absolute Gasteiger partial charge is 0.236 e. The topological polar surface area (TPSA) is 67.4 Å². The van der Waals surface area contributed by atoms with E-state index in [2.05, 4.69) is 26.0 Å². The summed E-state index contributed by atoms with van der Waals surface area (Å²) in [5, 5.41) is 2.31. The summed E-state index contributed by atoms with van der Waals surface area (Å²) in [5.41, 5.74) is 0.470. The Morgan fingerprint density at radius 1 is 1.44 bits per heavy atom. The lowest BCUT2D eigenvalue weighted by Crippen LogP contribution is -2.33. The zero-order valence-electron chi connectivity index (χ0n) is 10.5. The van der Waals surface area contributed by atoms with Crippen LogP contribution in [0.25, 0.3) is 0 Å². The fourth-order valence-corrected chi connectivity index (χ4v) is 2.90. The van der Waals surface area contributed by atoms with Crippen LogP contribution in [-0.4, -0.2) is 34.4 Å². The number of ether oxygens (including phenoxy) is 1. The van der Waals surface area contributed by atoms with Gasteiger partial charge in [-0.05, 0) is 42.0 Å². The lowest BCUT2D eigenvalue weighted by molar-refractivity contribution is 0.415. The van der Waals surface area contributed by atoms with E-state index in [-0.39, 0.29) is 0 Å². The molecule has 0 spiro atoms. The van der Waals surface area contributed by atoms with E-state index in [0.717, 1.165) is 0 Å². The van der Waals surface area contributed by atoms with E-state index >= 15 is 0 Å². The maximum Gasteiger partial charge on any atom is 0.236 e. The molecule has 1 aromatic carbocycles. The van der Waals surface area contributed by atoms with Crippen LogP contribution in [0.1, 0.15) is 6.92 Å². The molecular weight excluding hydrogens is 320 g/mol. The quantitative estimate of drug-likeness (QED) is 0.831. The molecule has 0 saturated carbocycles. The molecule has 1 aromatic rings. The molecule has 0 aliphatic heterocycles. The zero-order chi connectivity index (χ0) is 13.8. The van der Waals surface area contributed by atoms with Gasteiger partial charge < -0.3 is 10.1 Å². The summed E-state index contributed by atoms with van der Waals surface area (Å²) < 4.78 is 32.3. The van der Waals surface area contributed by atoms with Gasteiger partial charge in [0.1, 0.15) is 5.75 Å². The fraction of sp³-hybridized carbons (Fsp3) is 0.455. The van der Waals surface area contributed by atoms with E-state index in [0.29, 0.717) is 22.5 Å². The van der Waals surface area contributed by atoms with Crippen molar-refractivity contribution in [3.8, 4) is 5.75 Å². The van der Waals surface area contributed by atoms with E-state index in [1.54, 1.807) is 32.2 Å². The van der Waals surface area contributed by atoms with Gasteiger partial charge in [-0.3, -0.25) is 4.72 Å². The Hall–Kier alpha value is -0.790. The van der Waals surface area contributed by atoms with Crippen LogP contribution in [0.5, 0.6) is 5.75 Å². The molecule has 0 heterocycles. The summed E-state index contributed by atoms with van der Waals surface area (Å²) in [5.74, 6) is 0.595. The first-order valence-electron chi connectivity index (χ1n) is 5.40. The third-order valence-corrected chi connectivity index (χ3v) is 4.87. The number of benzene rings is 1. The van der Waals surface area contributed by atoms with Gasteiger partial charge in [-0.2, -0.15) is 0 Å². The van der Waals surface area contributed by atoms with Gasteiger partial charge in [0.15, 0.2) is 0 Å². The van der Waals surface area contributed by atoms with Crippen molar-refractivity contribution < 1.29 is 13.2 Å². The minimum atomic E-state index is -3.42. The van der Waals surface area contributed by atoms with Crippen molar-refractivity contribution in [2.75, 3.05) is 25.4 Å². The average Bonchev–Trinajstić information content (AvgIpc) is 2.32. The molecule has 0 radical (unpaired) electrons. The van der Waals surface area contributed by atoms with E-state index in [1.807, 2.05) is 0 Å². The average molecular weight is 337 g/mol. The van der Waals surface area contributed by atoms with Crippen LogP contribution in [0.3, 0.4) is 0 Å². The molecule has 1 atom stereocenters. The van der Waals surface area contributed by atoms with Crippen LogP contribution >= 0.6 is 15.9 Å². The Balaban J connectivity index is 2.96. The van der Waals surface area contributed by atoms with Crippen molar-refractivity contribution in [2.24, 2.45) is 0 Å². The third kappa shape index (κ3) is 3.86. The first-order valence-corrected chi connectivity index (χ1v) is 7.74. The summed E-state index contributed by atoms with van der Waals surface area (Å²) in [6.45, 7) is 2.03. The van der Waals surface area contributed by atoms with Crippen molar-refractivity contribution in [3.63, 3.8) is 0 Å². The van der Waals surface area contributed by atoms with Gasteiger partial charge >= 0.3 is 0 Å².